The molecule has 0 spiro atoms. The van der Waals surface area contributed by atoms with Crippen LogP contribution in [0, 0.1) is 0 Å². The first-order valence-electron chi connectivity index (χ1n) is 5.60. The van der Waals surface area contributed by atoms with Gasteiger partial charge < -0.3 is 5.32 Å². The Balaban J connectivity index is 2.11. The highest BCUT2D eigenvalue weighted by atomic mass is 32.2. The molecule has 8 nitrogen and oxygen atoms in total. The lowest BCUT2D eigenvalue weighted by Crippen LogP contribution is -2.17. The van der Waals surface area contributed by atoms with E-state index in [1.54, 1.807) is 11.6 Å². The number of imidazole rings is 1. The molecule has 106 valence electrons. The van der Waals surface area contributed by atoms with Gasteiger partial charge in [0.05, 0.1) is 0 Å². The van der Waals surface area contributed by atoms with E-state index in [-0.39, 0.29) is 10.2 Å². The molecule has 2 N–H and O–H groups in total. The van der Waals surface area contributed by atoms with Crippen molar-refractivity contribution >= 4 is 48.6 Å². The lowest BCUT2D eigenvalue weighted by atomic mass is 10.6. The summed E-state index contributed by atoms with van der Waals surface area (Å²) in [4.78, 5) is 4.89. The van der Waals surface area contributed by atoms with Crippen molar-refractivity contribution in [2.45, 2.75) is 11.9 Å². The Morgan fingerprint density at radius 1 is 1.40 bits per heavy atom. The van der Waals surface area contributed by atoms with Crippen LogP contribution in [0.25, 0.3) is 4.96 Å². The van der Waals surface area contributed by atoms with Crippen LogP contribution >= 0.6 is 22.7 Å². The summed E-state index contributed by atoms with van der Waals surface area (Å²) in [6.07, 6.45) is 1.67. The summed E-state index contributed by atoms with van der Waals surface area (Å²) in [5.41, 5.74) is 1.46. The molecule has 20 heavy (non-hydrogen) atoms. The number of sulfonamides is 1. The second-order valence-corrected chi connectivity index (χ2v) is 7.00. The minimum atomic E-state index is -3.79. The van der Waals surface area contributed by atoms with Gasteiger partial charge in [-0.2, -0.15) is 8.42 Å². The SMILES string of the molecule is CCNc1nc2sccn2c1S(=O)(=O)Nc1nncs1. The van der Waals surface area contributed by atoms with E-state index in [1.165, 1.54) is 21.2 Å². The number of hydrogen-bond acceptors (Lipinski definition) is 8. The van der Waals surface area contributed by atoms with Crippen LogP contribution < -0.4 is 10.0 Å². The van der Waals surface area contributed by atoms with E-state index >= 15 is 0 Å². The third-order valence-electron chi connectivity index (χ3n) is 2.40. The largest absolute Gasteiger partial charge is 0.368 e. The minimum Gasteiger partial charge on any atom is -0.368 e. The number of aromatic nitrogens is 4. The number of fused-ring (bicyclic) bond motifs is 1. The Kier molecular flexibility index (Phi) is 3.31. The zero-order valence-electron chi connectivity index (χ0n) is 10.3. The molecule has 3 heterocycles. The third kappa shape index (κ3) is 2.23. The highest BCUT2D eigenvalue weighted by Crippen LogP contribution is 2.27. The molecule has 3 rings (SSSR count). The Hall–Kier alpha value is -1.72. The van der Waals surface area contributed by atoms with Crippen molar-refractivity contribution in [3.63, 3.8) is 0 Å². The van der Waals surface area contributed by atoms with Crippen LogP contribution in [0.1, 0.15) is 6.92 Å². The van der Waals surface area contributed by atoms with Crippen molar-refractivity contribution in [1.29, 1.82) is 0 Å². The van der Waals surface area contributed by atoms with E-state index < -0.39 is 10.0 Å². The first-order valence-corrected chi connectivity index (χ1v) is 8.84. The molecule has 0 amide bonds. The van der Waals surface area contributed by atoms with Crippen molar-refractivity contribution in [3.05, 3.63) is 17.1 Å². The van der Waals surface area contributed by atoms with Gasteiger partial charge in [0.15, 0.2) is 10.8 Å². The van der Waals surface area contributed by atoms with Crippen molar-refractivity contribution in [2.24, 2.45) is 0 Å². The Morgan fingerprint density at radius 2 is 2.25 bits per heavy atom. The fraction of sp³-hybridized carbons (Fsp3) is 0.222. The molecule has 3 aromatic heterocycles. The van der Waals surface area contributed by atoms with E-state index in [2.05, 4.69) is 25.2 Å². The zero-order chi connectivity index (χ0) is 14.2. The molecule has 0 bridgehead atoms. The molecule has 0 fully saturated rings. The molecule has 0 aliphatic heterocycles. The fourth-order valence-electron chi connectivity index (χ4n) is 1.69. The average molecular weight is 330 g/mol. The smallest absolute Gasteiger partial charge is 0.283 e. The van der Waals surface area contributed by atoms with Crippen molar-refractivity contribution in [1.82, 2.24) is 19.6 Å². The molecule has 0 aliphatic carbocycles. The first-order chi connectivity index (χ1) is 9.62. The molecule has 3 aromatic rings. The van der Waals surface area contributed by atoms with Gasteiger partial charge in [0.25, 0.3) is 10.0 Å². The summed E-state index contributed by atoms with van der Waals surface area (Å²) in [6.45, 7) is 2.45. The van der Waals surface area contributed by atoms with Crippen molar-refractivity contribution < 1.29 is 8.42 Å². The molecule has 0 saturated heterocycles. The first kappa shape index (κ1) is 13.3. The van der Waals surface area contributed by atoms with Gasteiger partial charge >= 0.3 is 0 Å². The Bertz CT molecular complexity index is 819. The monoisotopic (exact) mass is 330 g/mol. The Morgan fingerprint density at radius 3 is 2.95 bits per heavy atom. The predicted molar refractivity (Wildman–Crippen MR) is 78.0 cm³/mol. The van der Waals surface area contributed by atoms with Crippen LogP contribution in [-0.2, 0) is 10.0 Å². The fourth-order valence-corrected chi connectivity index (χ4v) is 4.41. The van der Waals surface area contributed by atoms with Gasteiger partial charge in [-0.25, -0.2) is 4.98 Å². The summed E-state index contributed by atoms with van der Waals surface area (Å²) in [5, 5.41) is 12.3. The van der Waals surface area contributed by atoms with Crippen LogP contribution in [0.4, 0.5) is 10.9 Å². The van der Waals surface area contributed by atoms with Gasteiger partial charge in [-0.15, -0.1) is 21.5 Å². The summed E-state index contributed by atoms with van der Waals surface area (Å²) < 4.78 is 28.9. The lowest BCUT2D eigenvalue weighted by molar-refractivity contribution is 0.597. The maximum atomic E-state index is 12.5. The molecule has 0 unspecified atom stereocenters. The molecular formula is C9H10N6O2S3. The number of nitrogens with one attached hydrogen (secondary N) is 2. The van der Waals surface area contributed by atoms with E-state index in [0.29, 0.717) is 17.3 Å². The van der Waals surface area contributed by atoms with Crippen LogP contribution in [0.5, 0.6) is 0 Å². The van der Waals surface area contributed by atoms with E-state index in [1.807, 2.05) is 6.92 Å². The van der Waals surface area contributed by atoms with Crippen LogP contribution in [0.2, 0.25) is 0 Å². The van der Waals surface area contributed by atoms with Gasteiger partial charge in [-0.1, -0.05) is 11.3 Å². The average Bonchev–Trinajstić information content (AvgIpc) is 3.04. The molecule has 0 saturated carbocycles. The quantitative estimate of drug-likeness (QED) is 0.735. The standard InChI is InChI=1S/C9H10N6O2S3/c1-2-10-6-7(15-3-4-18-9(15)12-6)20(16,17)14-8-13-11-5-19-8/h3-5,10H,2H2,1H3,(H,13,14). The zero-order valence-corrected chi connectivity index (χ0v) is 12.7. The van der Waals surface area contributed by atoms with Gasteiger partial charge in [-0.3, -0.25) is 9.12 Å². The van der Waals surface area contributed by atoms with Gasteiger partial charge in [-0.05, 0) is 6.92 Å². The highest BCUT2D eigenvalue weighted by Gasteiger charge is 2.26. The predicted octanol–water partition coefficient (Wildman–Crippen LogP) is 1.48. The summed E-state index contributed by atoms with van der Waals surface area (Å²) in [6, 6.07) is 0. The lowest BCUT2D eigenvalue weighted by Gasteiger charge is -2.06. The molecule has 0 aliphatic rings. The molecule has 0 aromatic carbocycles. The maximum Gasteiger partial charge on any atom is 0.283 e. The van der Waals surface area contributed by atoms with Crippen LogP contribution in [0.3, 0.4) is 0 Å². The van der Waals surface area contributed by atoms with E-state index in [0.717, 1.165) is 11.3 Å². The minimum absolute atomic E-state index is 0.0748. The second-order valence-electron chi connectivity index (χ2n) is 3.70. The van der Waals surface area contributed by atoms with E-state index in [9.17, 15) is 8.42 Å². The second kappa shape index (κ2) is 5.00. The number of rotatable bonds is 5. The van der Waals surface area contributed by atoms with Crippen LogP contribution in [0.15, 0.2) is 22.1 Å². The number of thiazole rings is 1. The molecule has 11 heteroatoms. The molecule has 0 radical (unpaired) electrons. The van der Waals surface area contributed by atoms with Gasteiger partial charge in [0, 0.05) is 18.1 Å². The molecule has 0 atom stereocenters. The topological polar surface area (TPSA) is 101 Å². The van der Waals surface area contributed by atoms with Gasteiger partial charge in [0.2, 0.25) is 10.2 Å². The number of anilines is 2. The van der Waals surface area contributed by atoms with Gasteiger partial charge in [0.1, 0.15) is 5.51 Å². The molecular weight excluding hydrogens is 320 g/mol. The third-order valence-corrected chi connectivity index (χ3v) is 5.25. The van der Waals surface area contributed by atoms with E-state index in [4.69, 9.17) is 0 Å². The normalized spacial score (nSPS) is 11.8. The summed E-state index contributed by atoms with van der Waals surface area (Å²) in [7, 11) is -3.79. The highest BCUT2D eigenvalue weighted by molar-refractivity contribution is 7.93. The van der Waals surface area contributed by atoms with Crippen molar-refractivity contribution in [2.75, 3.05) is 16.6 Å². The number of hydrogen-bond donors (Lipinski definition) is 2. The number of nitrogens with zero attached hydrogens (tertiary/aromatic N) is 4. The summed E-state index contributed by atoms with van der Waals surface area (Å²) >= 11 is 2.48. The summed E-state index contributed by atoms with van der Waals surface area (Å²) in [5.74, 6) is 0.330. The van der Waals surface area contributed by atoms with Crippen LogP contribution in [-0.4, -0.2) is 34.5 Å². The Labute approximate surface area is 122 Å². The van der Waals surface area contributed by atoms with Crippen molar-refractivity contribution in [3.8, 4) is 0 Å². The maximum absolute atomic E-state index is 12.5.